The zero-order valence-corrected chi connectivity index (χ0v) is 16.2. The molecule has 8 heteroatoms. The Kier molecular flexibility index (Phi) is 6.09. The first-order valence-corrected chi connectivity index (χ1v) is 9.83. The number of Topliss-reactive ketones (excluding diaryl/α,β-unsaturated/α-hetero) is 1. The molecule has 0 saturated heterocycles. The summed E-state index contributed by atoms with van der Waals surface area (Å²) in [7, 11) is -3.62. The van der Waals surface area contributed by atoms with E-state index in [0.29, 0.717) is 29.9 Å². The van der Waals surface area contributed by atoms with Gasteiger partial charge >= 0.3 is 0 Å². The van der Waals surface area contributed by atoms with Gasteiger partial charge in [0.25, 0.3) is 5.56 Å². The van der Waals surface area contributed by atoms with E-state index >= 15 is 0 Å². The van der Waals surface area contributed by atoms with E-state index in [1.54, 1.807) is 39.0 Å². The van der Waals surface area contributed by atoms with Gasteiger partial charge in [-0.2, -0.15) is 9.40 Å². The number of rotatable bonds is 7. The number of carbonyl (C=O) groups is 1. The summed E-state index contributed by atoms with van der Waals surface area (Å²) < 4.78 is 28.2. The molecule has 2 aromatic rings. The quantitative estimate of drug-likeness (QED) is 0.734. The number of sulfonamides is 1. The molecule has 0 spiro atoms. The molecule has 1 aromatic carbocycles. The van der Waals surface area contributed by atoms with Gasteiger partial charge in [-0.15, -0.1) is 0 Å². The molecule has 0 radical (unpaired) electrons. The lowest BCUT2D eigenvalue weighted by molar-refractivity contribution is -0.117. The van der Waals surface area contributed by atoms with E-state index < -0.39 is 10.0 Å². The Morgan fingerprint density at radius 2 is 1.81 bits per heavy atom. The molecule has 0 aliphatic carbocycles. The van der Waals surface area contributed by atoms with E-state index in [1.807, 2.05) is 0 Å². The van der Waals surface area contributed by atoms with Gasteiger partial charge in [0.2, 0.25) is 10.0 Å². The van der Waals surface area contributed by atoms with E-state index in [4.69, 9.17) is 0 Å². The van der Waals surface area contributed by atoms with Crippen molar-refractivity contribution in [2.75, 3.05) is 13.1 Å². The predicted molar refractivity (Wildman–Crippen MR) is 99.5 cm³/mol. The Hall–Kier alpha value is -2.32. The molecule has 0 amide bonds. The molecule has 1 heterocycles. The molecule has 0 fully saturated rings. The first kappa shape index (κ1) is 20.0. The van der Waals surface area contributed by atoms with Crippen molar-refractivity contribution in [1.82, 2.24) is 14.1 Å². The summed E-state index contributed by atoms with van der Waals surface area (Å²) in [5.41, 5.74) is 1.25. The molecule has 0 unspecified atom stereocenters. The van der Waals surface area contributed by atoms with Crippen molar-refractivity contribution in [3.05, 3.63) is 46.2 Å². The third-order valence-electron chi connectivity index (χ3n) is 4.05. The zero-order valence-electron chi connectivity index (χ0n) is 15.4. The van der Waals surface area contributed by atoms with Crippen molar-refractivity contribution in [2.24, 2.45) is 0 Å². The Balaban J connectivity index is 2.57. The Morgan fingerprint density at radius 1 is 1.15 bits per heavy atom. The van der Waals surface area contributed by atoms with E-state index in [-0.39, 0.29) is 22.8 Å². The molecular formula is C18H23N3O4S. The van der Waals surface area contributed by atoms with E-state index in [0.717, 1.165) is 4.68 Å². The number of nitrogens with zero attached hydrogens (tertiary/aromatic N) is 3. The van der Waals surface area contributed by atoms with Crippen LogP contribution < -0.4 is 5.56 Å². The fraction of sp³-hybridized carbons (Fsp3) is 0.389. The second-order valence-corrected chi connectivity index (χ2v) is 7.89. The topological polar surface area (TPSA) is 89.3 Å². The van der Waals surface area contributed by atoms with Gasteiger partial charge in [-0.25, -0.2) is 13.1 Å². The summed E-state index contributed by atoms with van der Waals surface area (Å²) in [6, 6.07) is 7.88. The van der Waals surface area contributed by atoms with Crippen molar-refractivity contribution in [3.63, 3.8) is 0 Å². The molecule has 0 aliphatic rings. The summed E-state index contributed by atoms with van der Waals surface area (Å²) in [5, 5.41) is 4.20. The summed E-state index contributed by atoms with van der Waals surface area (Å²) in [6.07, 6.45) is 0. The van der Waals surface area contributed by atoms with E-state index in [1.165, 1.54) is 23.4 Å². The van der Waals surface area contributed by atoms with Gasteiger partial charge < -0.3 is 0 Å². The largest absolute Gasteiger partial charge is 0.298 e. The highest BCUT2D eigenvalue weighted by Gasteiger charge is 2.24. The van der Waals surface area contributed by atoms with Crippen molar-refractivity contribution < 1.29 is 13.2 Å². The lowest BCUT2D eigenvalue weighted by Crippen LogP contribution is -2.31. The predicted octanol–water partition coefficient (Wildman–Crippen LogP) is 1.84. The lowest BCUT2D eigenvalue weighted by Gasteiger charge is -2.20. The summed E-state index contributed by atoms with van der Waals surface area (Å²) >= 11 is 0. The van der Waals surface area contributed by atoms with Gasteiger partial charge in [-0.05, 0) is 31.5 Å². The van der Waals surface area contributed by atoms with Gasteiger partial charge in [0.1, 0.15) is 6.54 Å². The molecule has 0 aliphatic heterocycles. The molecule has 0 N–H and O–H groups in total. The van der Waals surface area contributed by atoms with Crippen LogP contribution in [-0.4, -0.2) is 41.4 Å². The van der Waals surface area contributed by atoms with E-state index in [2.05, 4.69) is 5.10 Å². The highest BCUT2D eigenvalue weighted by Crippen LogP contribution is 2.25. The minimum Gasteiger partial charge on any atom is -0.298 e. The second-order valence-electron chi connectivity index (χ2n) is 5.99. The first-order chi connectivity index (χ1) is 12.2. The molecule has 0 saturated carbocycles. The fourth-order valence-electron chi connectivity index (χ4n) is 2.67. The fourth-order valence-corrected chi connectivity index (χ4v) is 4.38. The molecular weight excluding hydrogens is 354 g/mol. The Morgan fingerprint density at radius 3 is 2.38 bits per heavy atom. The number of benzene rings is 1. The van der Waals surface area contributed by atoms with Crippen LogP contribution in [0.3, 0.4) is 0 Å². The molecule has 0 bridgehead atoms. The maximum atomic E-state index is 12.9. The maximum absolute atomic E-state index is 12.9. The summed E-state index contributed by atoms with van der Waals surface area (Å²) in [4.78, 5) is 23.3. The number of aromatic nitrogens is 2. The third kappa shape index (κ3) is 4.08. The third-order valence-corrected chi connectivity index (χ3v) is 6.24. The van der Waals surface area contributed by atoms with Crippen LogP contribution in [-0.2, 0) is 21.4 Å². The Labute approximate surface area is 153 Å². The average molecular weight is 377 g/mol. The average Bonchev–Trinajstić information content (AvgIpc) is 2.57. The molecule has 26 heavy (non-hydrogen) atoms. The van der Waals surface area contributed by atoms with Crippen molar-refractivity contribution in [2.45, 2.75) is 39.1 Å². The smallest absolute Gasteiger partial charge is 0.267 e. The van der Waals surface area contributed by atoms with Crippen molar-refractivity contribution >= 4 is 15.8 Å². The van der Waals surface area contributed by atoms with Crippen LogP contribution in [0.1, 0.15) is 26.3 Å². The van der Waals surface area contributed by atoms with E-state index in [9.17, 15) is 18.0 Å². The number of hydrogen-bond acceptors (Lipinski definition) is 5. The highest BCUT2D eigenvalue weighted by molar-refractivity contribution is 7.89. The molecule has 140 valence electrons. The van der Waals surface area contributed by atoms with Gasteiger partial charge in [-0.1, -0.05) is 26.0 Å². The summed E-state index contributed by atoms with van der Waals surface area (Å²) in [5.74, 6) is -0.189. The van der Waals surface area contributed by atoms with Gasteiger partial charge in [-0.3, -0.25) is 9.59 Å². The number of ketones is 1. The normalized spacial score (nSPS) is 11.7. The first-order valence-electron chi connectivity index (χ1n) is 8.39. The second kappa shape index (κ2) is 7.92. The number of carbonyl (C=O) groups excluding carboxylic acids is 1. The number of hydrogen-bond donors (Lipinski definition) is 0. The monoisotopic (exact) mass is 377 g/mol. The van der Waals surface area contributed by atoms with Gasteiger partial charge in [0.15, 0.2) is 5.78 Å². The minimum atomic E-state index is -3.62. The lowest BCUT2D eigenvalue weighted by atomic mass is 10.1. The van der Waals surface area contributed by atoms with Gasteiger partial charge in [0, 0.05) is 24.7 Å². The SMILES string of the molecule is CCN(CC)S(=O)(=O)c1cc(-c2ccc(=O)n(CC(C)=O)n2)ccc1C. The van der Waals surface area contributed by atoms with Crippen LogP contribution in [0.25, 0.3) is 11.3 Å². The molecule has 1 aromatic heterocycles. The van der Waals surface area contributed by atoms with Crippen LogP contribution in [0.2, 0.25) is 0 Å². The van der Waals surface area contributed by atoms with Crippen LogP contribution in [0.15, 0.2) is 40.0 Å². The molecule has 2 rings (SSSR count). The maximum Gasteiger partial charge on any atom is 0.267 e. The van der Waals surface area contributed by atoms with Crippen LogP contribution in [0.4, 0.5) is 0 Å². The molecule has 0 atom stereocenters. The highest BCUT2D eigenvalue weighted by atomic mass is 32.2. The van der Waals surface area contributed by atoms with Crippen LogP contribution in [0.5, 0.6) is 0 Å². The van der Waals surface area contributed by atoms with Crippen molar-refractivity contribution in [1.29, 1.82) is 0 Å². The zero-order chi connectivity index (χ0) is 19.5. The molecule has 7 nitrogen and oxygen atoms in total. The number of aryl methyl sites for hydroxylation is 1. The van der Waals surface area contributed by atoms with Crippen LogP contribution in [0, 0.1) is 6.92 Å². The van der Waals surface area contributed by atoms with Gasteiger partial charge in [0.05, 0.1) is 10.6 Å². The standard InChI is InChI=1S/C18H23N3O4S/c1-5-20(6-2)26(24,25)17-11-15(8-7-13(17)3)16-9-10-18(23)21(19-16)12-14(4)22/h7-11H,5-6,12H2,1-4H3. The van der Waals surface area contributed by atoms with Crippen molar-refractivity contribution in [3.8, 4) is 11.3 Å². The van der Waals surface area contributed by atoms with Crippen LogP contribution >= 0.6 is 0 Å². The summed E-state index contributed by atoms with van der Waals surface area (Å²) in [6.45, 7) is 7.34. The minimum absolute atomic E-state index is 0.122. The Bertz CT molecular complexity index is 976.